The molecule has 1 aliphatic rings. The minimum Gasteiger partial charge on any atom is -0.346 e. The van der Waals surface area contributed by atoms with Crippen LogP contribution in [0.2, 0.25) is 0 Å². The van der Waals surface area contributed by atoms with Gasteiger partial charge in [-0.1, -0.05) is 29.5 Å². The molecule has 26 heavy (non-hydrogen) atoms. The second-order valence-electron chi connectivity index (χ2n) is 6.25. The number of nitrogens with one attached hydrogen (secondary N) is 1. The summed E-state index contributed by atoms with van der Waals surface area (Å²) in [6, 6.07) is 10.1. The van der Waals surface area contributed by atoms with Crippen LogP contribution in [0.5, 0.6) is 0 Å². The summed E-state index contributed by atoms with van der Waals surface area (Å²) < 4.78 is 2.04. The molecule has 3 aromatic rings. The van der Waals surface area contributed by atoms with Crippen LogP contribution in [0, 0.1) is 11.3 Å². The molecule has 0 unspecified atom stereocenters. The molecule has 1 saturated carbocycles. The van der Waals surface area contributed by atoms with Crippen LogP contribution in [0.4, 0.5) is 5.13 Å². The van der Waals surface area contributed by atoms with Gasteiger partial charge in [0.1, 0.15) is 5.01 Å². The topological polar surface area (TPSA) is 83.6 Å². The van der Waals surface area contributed by atoms with Crippen molar-refractivity contribution >= 4 is 39.4 Å². The fourth-order valence-electron chi connectivity index (χ4n) is 2.86. The van der Waals surface area contributed by atoms with Crippen molar-refractivity contribution in [2.24, 2.45) is 0 Å². The average molecular weight is 363 g/mol. The third-order valence-electron chi connectivity index (χ3n) is 4.30. The molecule has 4 rings (SSSR count). The molecular weight excluding hydrogens is 346 g/mol. The van der Waals surface area contributed by atoms with Crippen molar-refractivity contribution in [3.05, 3.63) is 47.1 Å². The molecule has 2 heterocycles. The Hall–Kier alpha value is -2.98. The van der Waals surface area contributed by atoms with E-state index in [0.717, 1.165) is 21.5 Å². The third kappa shape index (κ3) is 3.51. The number of benzene rings is 1. The standard InChI is InChI=1S/C19H17N5OS/c20-10-3-11-24-12-14(15-4-1-2-5-16(15)24)8-9-17(25)21-19-23-22-18(26-19)13-6-7-13/h1-2,4-5,8-9,12-13H,3,6-7,11H2,(H,21,23,25). The SMILES string of the molecule is N#CCCn1cc(C=CC(=O)Nc2nnc(C3CC3)s2)c2ccccc21. The van der Waals surface area contributed by atoms with E-state index < -0.39 is 0 Å². The molecule has 6 nitrogen and oxygen atoms in total. The molecule has 0 spiro atoms. The quantitative estimate of drug-likeness (QED) is 0.673. The van der Waals surface area contributed by atoms with E-state index in [1.807, 2.05) is 35.0 Å². The highest BCUT2D eigenvalue weighted by atomic mass is 32.1. The molecule has 1 amide bonds. The summed E-state index contributed by atoms with van der Waals surface area (Å²) >= 11 is 1.45. The number of nitrogens with zero attached hydrogens (tertiary/aromatic N) is 4. The number of hydrogen-bond acceptors (Lipinski definition) is 5. The van der Waals surface area contributed by atoms with E-state index in [-0.39, 0.29) is 5.91 Å². The van der Waals surface area contributed by atoms with E-state index in [9.17, 15) is 4.79 Å². The Bertz CT molecular complexity index is 1020. The molecule has 0 radical (unpaired) electrons. The smallest absolute Gasteiger partial charge is 0.250 e. The Balaban J connectivity index is 1.50. The molecule has 7 heteroatoms. The van der Waals surface area contributed by atoms with Crippen LogP contribution in [-0.2, 0) is 11.3 Å². The van der Waals surface area contributed by atoms with Crippen molar-refractivity contribution in [2.45, 2.75) is 31.7 Å². The number of amides is 1. The van der Waals surface area contributed by atoms with E-state index in [2.05, 4.69) is 21.6 Å². The Kier molecular flexibility index (Phi) is 4.50. The van der Waals surface area contributed by atoms with Gasteiger partial charge < -0.3 is 4.57 Å². The van der Waals surface area contributed by atoms with Crippen molar-refractivity contribution in [2.75, 3.05) is 5.32 Å². The number of fused-ring (bicyclic) bond motifs is 1. The molecule has 2 aromatic heterocycles. The van der Waals surface area contributed by atoms with Crippen molar-refractivity contribution < 1.29 is 4.79 Å². The van der Waals surface area contributed by atoms with Gasteiger partial charge in [-0.3, -0.25) is 10.1 Å². The number of aromatic nitrogens is 3. The molecule has 0 saturated heterocycles. The highest BCUT2D eigenvalue weighted by Crippen LogP contribution is 2.42. The predicted octanol–water partition coefficient (Wildman–Crippen LogP) is 3.94. The fourth-order valence-corrected chi connectivity index (χ4v) is 3.77. The van der Waals surface area contributed by atoms with Crippen LogP contribution in [0.15, 0.2) is 36.5 Å². The molecule has 0 bridgehead atoms. The zero-order chi connectivity index (χ0) is 17.9. The number of para-hydroxylation sites is 1. The summed E-state index contributed by atoms with van der Waals surface area (Å²) in [5.74, 6) is 0.311. The van der Waals surface area contributed by atoms with Gasteiger partial charge in [0, 0.05) is 41.2 Å². The molecule has 1 N–H and O–H groups in total. The van der Waals surface area contributed by atoms with E-state index >= 15 is 0 Å². The highest BCUT2D eigenvalue weighted by molar-refractivity contribution is 7.15. The summed E-state index contributed by atoms with van der Waals surface area (Å²) in [5.41, 5.74) is 2.01. The summed E-state index contributed by atoms with van der Waals surface area (Å²) in [6.45, 7) is 0.631. The van der Waals surface area contributed by atoms with Crippen LogP contribution < -0.4 is 5.32 Å². The lowest BCUT2D eigenvalue weighted by atomic mass is 10.1. The van der Waals surface area contributed by atoms with Gasteiger partial charge in [0.25, 0.3) is 0 Å². The maximum Gasteiger partial charge on any atom is 0.250 e. The highest BCUT2D eigenvalue weighted by Gasteiger charge is 2.27. The van der Waals surface area contributed by atoms with Crippen LogP contribution in [0.1, 0.15) is 35.8 Å². The van der Waals surface area contributed by atoms with E-state index in [0.29, 0.717) is 24.0 Å². The van der Waals surface area contributed by atoms with E-state index in [1.165, 1.54) is 30.3 Å². The number of hydrogen-bond donors (Lipinski definition) is 1. The Morgan fingerprint density at radius 2 is 2.23 bits per heavy atom. The van der Waals surface area contributed by atoms with Crippen LogP contribution in [0.25, 0.3) is 17.0 Å². The summed E-state index contributed by atoms with van der Waals surface area (Å²) in [5, 5.41) is 22.3. The molecular formula is C19H17N5OS. The Morgan fingerprint density at radius 3 is 3.04 bits per heavy atom. The van der Waals surface area contributed by atoms with Gasteiger partial charge in [-0.15, -0.1) is 10.2 Å². The zero-order valence-electron chi connectivity index (χ0n) is 14.1. The van der Waals surface area contributed by atoms with Gasteiger partial charge in [-0.2, -0.15) is 5.26 Å². The van der Waals surface area contributed by atoms with Crippen molar-refractivity contribution in [3.8, 4) is 6.07 Å². The van der Waals surface area contributed by atoms with Gasteiger partial charge >= 0.3 is 0 Å². The average Bonchev–Trinajstić information content (AvgIpc) is 3.30. The summed E-state index contributed by atoms with van der Waals surface area (Å²) in [4.78, 5) is 12.2. The first-order chi connectivity index (χ1) is 12.7. The van der Waals surface area contributed by atoms with Crippen molar-refractivity contribution in [1.82, 2.24) is 14.8 Å². The van der Waals surface area contributed by atoms with Crippen LogP contribution in [0.3, 0.4) is 0 Å². The lowest BCUT2D eigenvalue weighted by molar-refractivity contribution is -0.111. The second-order valence-corrected chi connectivity index (χ2v) is 7.25. The van der Waals surface area contributed by atoms with Gasteiger partial charge in [-0.25, -0.2) is 0 Å². The monoisotopic (exact) mass is 363 g/mol. The Morgan fingerprint density at radius 1 is 1.38 bits per heavy atom. The predicted molar refractivity (Wildman–Crippen MR) is 102 cm³/mol. The summed E-state index contributed by atoms with van der Waals surface area (Å²) in [7, 11) is 0. The number of rotatable bonds is 6. The normalized spacial score (nSPS) is 14.0. The molecule has 0 atom stereocenters. The number of nitriles is 1. The minimum atomic E-state index is -0.225. The lowest BCUT2D eigenvalue weighted by Gasteiger charge is -2.00. The van der Waals surface area contributed by atoms with Gasteiger partial charge in [-0.05, 0) is 25.0 Å². The Labute approximate surface area is 154 Å². The number of carbonyl (C=O) groups is 1. The molecule has 0 aliphatic heterocycles. The third-order valence-corrected chi connectivity index (χ3v) is 5.30. The van der Waals surface area contributed by atoms with Crippen molar-refractivity contribution in [3.63, 3.8) is 0 Å². The first-order valence-corrected chi connectivity index (χ1v) is 9.33. The largest absolute Gasteiger partial charge is 0.346 e. The first kappa shape index (κ1) is 16.5. The second kappa shape index (κ2) is 7.10. The summed E-state index contributed by atoms with van der Waals surface area (Å²) in [6.07, 6.45) is 8.05. The van der Waals surface area contributed by atoms with E-state index in [4.69, 9.17) is 5.26 Å². The first-order valence-electron chi connectivity index (χ1n) is 8.52. The van der Waals surface area contributed by atoms with Gasteiger partial charge in [0.2, 0.25) is 11.0 Å². The molecule has 130 valence electrons. The van der Waals surface area contributed by atoms with Crippen LogP contribution >= 0.6 is 11.3 Å². The number of aryl methyl sites for hydroxylation is 1. The van der Waals surface area contributed by atoms with E-state index in [1.54, 1.807) is 6.08 Å². The maximum atomic E-state index is 12.2. The van der Waals surface area contributed by atoms with Gasteiger partial charge in [0.15, 0.2) is 0 Å². The fraction of sp³-hybridized carbons (Fsp3) is 0.263. The maximum absolute atomic E-state index is 12.2. The molecule has 1 aromatic carbocycles. The van der Waals surface area contributed by atoms with Gasteiger partial charge in [0.05, 0.1) is 12.5 Å². The van der Waals surface area contributed by atoms with Crippen molar-refractivity contribution in [1.29, 1.82) is 5.26 Å². The minimum absolute atomic E-state index is 0.225. The van der Waals surface area contributed by atoms with Crippen LogP contribution in [-0.4, -0.2) is 20.7 Å². The number of carbonyl (C=O) groups excluding carboxylic acids is 1. The zero-order valence-corrected chi connectivity index (χ0v) is 14.9. The number of anilines is 1. The molecule has 1 fully saturated rings. The molecule has 1 aliphatic carbocycles. The lowest BCUT2D eigenvalue weighted by Crippen LogP contribution is -2.07.